The Hall–Kier alpha value is -1.38. The monoisotopic (exact) mass is 238 g/mol. The summed E-state index contributed by atoms with van der Waals surface area (Å²) >= 11 is 0. The van der Waals surface area contributed by atoms with Gasteiger partial charge in [-0.25, -0.2) is 0 Å². The van der Waals surface area contributed by atoms with E-state index in [0.717, 1.165) is 23.5 Å². The van der Waals surface area contributed by atoms with Crippen molar-refractivity contribution >= 4 is 0 Å². The molecule has 96 valence electrons. The zero-order valence-electron chi connectivity index (χ0n) is 11.2. The van der Waals surface area contributed by atoms with E-state index in [4.69, 9.17) is 14.2 Å². The quantitative estimate of drug-likeness (QED) is 0.679. The Morgan fingerprint density at radius 3 is 2.06 bits per heavy atom. The van der Waals surface area contributed by atoms with Crippen LogP contribution in [-0.2, 0) is 0 Å². The molecule has 0 amide bonds. The van der Waals surface area contributed by atoms with E-state index < -0.39 is 0 Å². The summed E-state index contributed by atoms with van der Waals surface area (Å²) in [6.07, 6.45) is 3.42. The summed E-state index contributed by atoms with van der Waals surface area (Å²) in [5.41, 5.74) is 1.10. The van der Waals surface area contributed by atoms with E-state index in [2.05, 4.69) is 6.92 Å². The summed E-state index contributed by atoms with van der Waals surface area (Å²) in [5.74, 6) is 2.17. The van der Waals surface area contributed by atoms with Crippen molar-refractivity contribution in [1.82, 2.24) is 0 Å². The Kier molecular flexibility index (Phi) is 5.67. The Labute approximate surface area is 104 Å². The molecule has 1 aromatic carbocycles. The van der Waals surface area contributed by atoms with Crippen LogP contribution in [-0.4, -0.2) is 20.8 Å². The van der Waals surface area contributed by atoms with Crippen LogP contribution in [0.25, 0.3) is 0 Å². The summed E-state index contributed by atoms with van der Waals surface area (Å²) < 4.78 is 16.4. The molecule has 0 saturated carbocycles. The SMILES string of the molecule is CCCCCOc1c(OC)cc(C)cc1OC. The van der Waals surface area contributed by atoms with Crippen molar-refractivity contribution in [3.05, 3.63) is 17.7 Å². The van der Waals surface area contributed by atoms with Gasteiger partial charge >= 0.3 is 0 Å². The molecule has 3 nitrogen and oxygen atoms in total. The molecule has 0 aliphatic carbocycles. The standard InChI is InChI=1S/C14H22O3/c1-5-6-7-8-17-14-12(15-3)9-11(2)10-13(14)16-4/h9-10H,5-8H2,1-4H3. The number of unbranched alkanes of at least 4 members (excludes halogenated alkanes) is 2. The fraction of sp³-hybridized carbons (Fsp3) is 0.571. The number of aryl methyl sites for hydroxylation is 1. The van der Waals surface area contributed by atoms with E-state index in [1.165, 1.54) is 12.8 Å². The van der Waals surface area contributed by atoms with Crippen LogP contribution in [0.3, 0.4) is 0 Å². The lowest BCUT2D eigenvalue weighted by Crippen LogP contribution is -2.01. The van der Waals surface area contributed by atoms with Crippen molar-refractivity contribution in [1.29, 1.82) is 0 Å². The van der Waals surface area contributed by atoms with Crippen LogP contribution >= 0.6 is 0 Å². The van der Waals surface area contributed by atoms with Gasteiger partial charge in [0, 0.05) is 0 Å². The second-order valence-corrected chi connectivity index (χ2v) is 4.05. The lowest BCUT2D eigenvalue weighted by molar-refractivity contribution is 0.268. The maximum atomic E-state index is 5.76. The van der Waals surface area contributed by atoms with Gasteiger partial charge in [0.25, 0.3) is 0 Å². The number of methoxy groups -OCH3 is 2. The van der Waals surface area contributed by atoms with Gasteiger partial charge in [-0.15, -0.1) is 0 Å². The second kappa shape index (κ2) is 7.05. The molecule has 0 saturated heterocycles. The molecule has 0 radical (unpaired) electrons. The third-order valence-electron chi connectivity index (χ3n) is 2.60. The molecule has 1 rings (SSSR count). The van der Waals surface area contributed by atoms with E-state index in [9.17, 15) is 0 Å². The highest BCUT2D eigenvalue weighted by atomic mass is 16.5. The Bertz CT molecular complexity index is 322. The van der Waals surface area contributed by atoms with Gasteiger partial charge in [-0.3, -0.25) is 0 Å². The molecule has 3 heteroatoms. The number of ether oxygens (including phenoxy) is 3. The first-order valence-corrected chi connectivity index (χ1v) is 6.08. The summed E-state index contributed by atoms with van der Waals surface area (Å²) in [5, 5.41) is 0. The van der Waals surface area contributed by atoms with Crippen LogP contribution in [0.5, 0.6) is 17.2 Å². The molecular weight excluding hydrogens is 216 g/mol. The average Bonchev–Trinajstić information content (AvgIpc) is 2.35. The molecule has 1 aromatic rings. The fourth-order valence-electron chi connectivity index (χ4n) is 1.68. The number of benzene rings is 1. The fourth-order valence-corrected chi connectivity index (χ4v) is 1.68. The summed E-state index contributed by atoms with van der Waals surface area (Å²) in [6, 6.07) is 3.91. The molecule has 0 unspecified atom stereocenters. The molecule has 0 heterocycles. The van der Waals surface area contributed by atoms with Crippen LogP contribution in [0.15, 0.2) is 12.1 Å². The summed E-state index contributed by atoms with van der Waals surface area (Å²) in [7, 11) is 3.29. The highest BCUT2D eigenvalue weighted by Gasteiger charge is 2.12. The Balaban J connectivity index is 2.79. The highest BCUT2D eigenvalue weighted by molar-refractivity contribution is 5.53. The molecule has 0 spiro atoms. The molecule has 0 aliphatic rings. The highest BCUT2D eigenvalue weighted by Crippen LogP contribution is 2.38. The lowest BCUT2D eigenvalue weighted by Gasteiger charge is -2.15. The van der Waals surface area contributed by atoms with Crippen molar-refractivity contribution < 1.29 is 14.2 Å². The van der Waals surface area contributed by atoms with Crippen LogP contribution in [0.1, 0.15) is 31.7 Å². The van der Waals surface area contributed by atoms with Crippen molar-refractivity contribution in [2.24, 2.45) is 0 Å². The minimum Gasteiger partial charge on any atom is -0.493 e. The molecule has 0 aliphatic heterocycles. The topological polar surface area (TPSA) is 27.7 Å². The zero-order valence-corrected chi connectivity index (χ0v) is 11.2. The van der Waals surface area contributed by atoms with Crippen LogP contribution in [0, 0.1) is 6.92 Å². The van der Waals surface area contributed by atoms with Crippen LogP contribution in [0.4, 0.5) is 0 Å². The second-order valence-electron chi connectivity index (χ2n) is 4.05. The Morgan fingerprint density at radius 1 is 1.00 bits per heavy atom. The van der Waals surface area contributed by atoms with E-state index in [1.807, 2.05) is 19.1 Å². The molecule has 17 heavy (non-hydrogen) atoms. The third kappa shape index (κ3) is 3.84. The molecular formula is C14H22O3. The largest absolute Gasteiger partial charge is 0.493 e. The molecule has 0 aromatic heterocycles. The molecule has 0 N–H and O–H groups in total. The van der Waals surface area contributed by atoms with Crippen molar-refractivity contribution in [3.63, 3.8) is 0 Å². The maximum absolute atomic E-state index is 5.76. The van der Waals surface area contributed by atoms with E-state index in [0.29, 0.717) is 12.4 Å². The third-order valence-corrected chi connectivity index (χ3v) is 2.60. The van der Waals surface area contributed by atoms with Crippen molar-refractivity contribution in [2.45, 2.75) is 33.1 Å². The molecule has 0 fully saturated rings. The van der Waals surface area contributed by atoms with E-state index >= 15 is 0 Å². The lowest BCUT2D eigenvalue weighted by atomic mass is 10.2. The van der Waals surface area contributed by atoms with Gasteiger partial charge in [-0.05, 0) is 31.0 Å². The molecule has 0 bridgehead atoms. The van der Waals surface area contributed by atoms with Gasteiger partial charge in [0.2, 0.25) is 5.75 Å². The number of rotatable bonds is 7. The van der Waals surface area contributed by atoms with Crippen molar-refractivity contribution in [2.75, 3.05) is 20.8 Å². The first-order chi connectivity index (χ1) is 8.22. The van der Waals surface area contributed by atoms with Gasteiger partial charge < -0.3 is 14.2 Å². The predicted molar refractivity (Wildman–Crippen MR) is 69.3 cm³/mol. The first-order valence-electron chi connectivity index (χ1n) is 6.08. The van der Waals surface area contributed by atoms with Crippen LogP contribution in [0.2, 0.25) is 0 Å². The predicted octanol–water partition coefficient (Wildman–Crippen LogP) is 3.58. The Morgan fingerprint density at radius 2 is 1.59 bits per heavy atom. The maximum Gasteiger partial charge on any atom is 0.203 e. The van der Waals surface area contributed by atoms with Gasteiger partial charge in [0.15, 0.2) is 11.5 Å². The smallest absolute Gasteiger partial charge is 0.203 e. The minimum atomic E-state index is 0.698. The van der Waals surface area contributed by atoms with E-state index in [-0.39, 0.29) is 0 Å². The zero-order chi connectivity index (χ0) is 12.7. The number of hydrogen-bond donors (Lipinski definition) is 0. The number of hydrogen-bond acceptors (Lipinski definition) is 3. The van der Waals surface area contributed by atoms with Gasteiger partial charge in [0.1, 0.15) is 0 Å². The first kappa shape index (κ1) is 13.7. The normalized spacial score (nSPS) is 10.1. The summed E-state index contributed by atoms with van der Waals surface area (Å²) in [4.78, 5) is 0. The minimum absolute atomic E-state index is 0.698. The van der Waals surface area contributed by atoms with Gasteiger partial charge in [-0.1, -0.05) is 19.8 Å². The summed E-state index contributed by atoms with van der Waals surface area (Å²) in [6.45, 7) is 4.88. The van der Waals surface area contributed by atoms with Crippen molar-refractivity contribution in [3.8, 4) is 17.2 Å². The van der Waals surface area contributed by atoms with Gasteiger partial charge in [-0.2, -0.15) is 0 Å². The van der Waals surface area contributed by atoms with Crippen LogP contribution < -0.4 is 14.2 Å². The molecule has 0 atom stereocenters. The average molecular weight is 238 g/mol. The van der Waals surface area contributed by atoms with E-state index in [1.54, 1.807) is 14.2 Å². The van der Waals surface area contributed by atoms with Gasteiger partial charge in [0.05, 0.1) is 20.8 Å².